The molecule has 28 heavy (non-hydrogen) atoms. The Kier molecular flexibility index (Phi) is 4.21. The number of hydrogen-bond acceptors (Lipinski definition) is 4. The lowest BCUT2D eigenvalue weighted by atomic mass is 9.91. The van der Waals surface area contributed by atoms with E-state index in [1.54, 1.807) is 6.33 Å². The number of aromatic nitrogens is 5. The molecule has 0 bridgehead atoms. The van der Waals surface area contributed by atoms with E-state index in [4.69, 9.17) is 28.3 Å². The van der Waals surface area contributed by atoms with Crippen molar-refractivity contribution in [2.24, 2.45) is 0 Å². The molecule has 1 fully saturated rings. The van der Waals surface area contributed by atoms with Crippen molar-refractivity contribution in [3.05, 3.63) is 63.4 Å². The highest BCUT2D eigenvalue weighted by Crippen LogP contribution is 2.43. The summed E-state index contributed by atoms with van der Waals surface area (Å²) in [6.07, 6.45) is 5.15. The summed E-state index contributed by atoms with van der Waals surface area (Å²) in [6, 6.07) is 8.04. The van der Waals surface area contributed by atoms with Gasteiger partial charge in [0, 0.05) is 17.3 Å². The zero-order valence-electron chi connectivity index (χ0n) is 15.7. The van der Waals surface area contributed by atoms with Gasteiger partial charge in [-0.25, -0.2) is 14.3 Å². The number of benzene rings is 1. The number of allylic oxidation sites excluding steroid dienone is 2. The van der Waals surface area contributed by atoms with E-state index >= 15 is 0 Å². The lowest BCUT2D eigenvalue weighted by Gasteiger charge is -2.32. The molecule has 0 spiro atoms. The molecular formula is C20H20Cl2N6. The minimum absolute atomic E-state index is 0.164. The van der Waals surface area contributed by atoms with Gasteiger partial charge in [0.1, 0.15) is 18.2 Å². The molecule has 1 aromatic carbocycles. The first kappa shape index (κ1) is 17.8. The molecule has 5 rings (SSSR count). The standard InChI is InChI=1S/C20H20Cl2N6/c1-11-8-17-25-12(2)18(20-23-10-24-27(20)14-4-3-5-14)19(28(17)26-11)13-6-7-15(21)16(22)9-13/h6-10,14,19,25H,3-5H2,1-2H3/t19-/m1/s1. The van der Waals surface area contributed by atoms with Crippen molar-refractivity contribution in [2.75, 3.05) is 5.32 Å². The lowest BCUT2D eigenvalue weighted by molar-refractivity contribution is 0.286. The predicted molar refractivity (Wildman–Crippen MR) is 111 cm³/mol. The normalized spacial score (nSPS) is 19.4. The van der Waals surface area contributed by atoms with Crippen LogP contribution in [-0.4, -0.2) is 24.5 Å². The van der Waals surface area contributed by atoms with Crippen LogP contribution in [0.1, 0.15) is 55.4 Å². The molecule has 144 valence electrons. The minimum atomic E-state index is -0.164. The molecular weight excluding hydrogens is 395 g/mol. The summed E-state index contributed by atoms with van der Waals surface area (Å²) in [7, 11) is 0. The molecule has 6 nitrogen and oxygen atoms in total. The van der Waals surface area contributed by atoms with Crippen molar-refractivity contribution in [1.29, 1.82) is 0 Å². The maximum Gasteiger partial charge on any atom is 0.158 e. The third kappa shape index (κ3) is 2.74. The van der Waals surface area contributed by atoms with Gasteiger partial charge in [0.25, 0.3) is 0 Å². The molecule has 0 radical (unpaired) electrons. The molecule has 3 aromatic rings. The fraction of sp³-hybridized carbons (Fsp3) is 0.350. The number of rotatable bonds is 3. The van der Waals surface area contributed by atoms with E-state index in [0.717, 1.165) is 47.0 Å². The summed E-state index contributed by atoms with van der Waals surface area (Å²) in [5.41, 5.74) is 4.05. The van der Waals surface area contributed by atoms with Crippen molar-refractivity contribution < 1.29 is 0 Å². The summed E-state index contributed by atoms with van der Waals surface area (Å²) in [5, 5.41) is 13.8. The number of fused-ring (bicyclic) bond motifs is 1. The van der Waals surface area contributed by atoms with Crippen molar-refractivity contribution in [2.45, 2.75) is 45.2 Å². The first-order valence-corrected chi connectivity index (χ1v) is 10.2. The number of hydrogen-bond donors (Lipinski definition) is 1. The van der Waals surface area contributed by atoms with Gasteiger partial charge in [-0.1, -0.05) is 29.3 Å². The van der Waals surface area contributed by atoms with Crippen molar-refractivity contribution in [1.82, 2.24) is 24.5 Å². The third-order valence-electron chi connectivity index (χ3n) is 5.59. The molecule has 1 aliphatic carbocycles. The van der Waals surface area contributed by atoms with Crippen LogP contribution in [0.25, 0.3) is 5.57 Å². The van der Waals surface area contributed by atoms with Gasteiger partial charge in [-0.3, -0.25) is 0 Å². The SMILES string of the molecule is CC1=C(c2ncnn2C2CCC2)[C@@H](c2ccc(Cl)c(Cl)c2)n2nc(C)cc2N1. The zero-order chi connectivity index (χ0) is 19.4. The molecule has 1 aliphatic heterocycles. The van der Waals surface area contributed by atoms with Crippen LogP contribution in [0.2, 0.25) is 10.0 Å². The average Bonchev–Trinajstić information content (AvgIpc) is 3.20. The minimum Gasteiger partial charge on any atom is -0.344 e. The number of nitrogens with one attached hydrogen (secondary N) is 1. The Bertz CT molecular complexity index is 1090. The zero-order valence-corrected chi connectivity index (χ0v) is 17.2. The number of halogens is 2. The topological polar surface area (TPSA) is 60.6 Å². The van der Waals surface area contributed by atoms with Gasteiger partial charge in [-0.15, -0.1) is 0 Å². The number of aryl methyl sites for hydroxylation is 1. The molecule has 2 aliphatic rings. The van der Waals surface area contributed by atoms with E-state index in [9.17, 15) is 0 Å². The maximum absolute atomic E-state index is 6.36. The fourth-order valence-corrected chi connectivity index (χ4v) is 4.32. The van der Waals surface area contributed by atoms with E-state index in [-0.39, 0.29) is 6.04 Å². The van der Waals surface area contributed by atoms with E-state index in [1.807, 2.05) is 35.9 Å². The molecule has 1 atom stereocenters. The molecule has 1 saturated carbocycles. The van der Waals surface area contributed by atoms with E-state index in [2.05, 4.69) is 27.0 Å². The Morgan fingerprint density at radius 2 is 1.89 bits per heavy atom. The van der Waals surface area contributed by atoms with Crippen LogP contribution >= 0.6 is 23.2 Å². The smallest absolute Gasteiger partial charge is 0.158 e. The van der Waals surface area contributed by atoms with Crippen LogP contribution in [-0.2, 0) is 0 Å². The summed E-state index contributed by atoms with van der Waals surface area (Å²) in [4.78, 5) is 4.64. The van der Waals surface area contributed by atoms with Gasteiger partial charge in [0.2, 0.25) is 0 Å². The van der Waals surface area contributed by atoms with Crippen LogP contribution in [0, 0.1) is 6.92 Å². The highest BCUT2D eigenvalue weighted by Gasteiger charge is 2.34. The second-order valence-electron chi connectivity index (χ2n) is 7.47. The average molecular weight is 415 g/mol. The molecule has 3 heterocycles. The Morgan fingerprint density at radius 1 is 1.07 bits per heavy atom. The van der Waals surface area contributed by atoms with Crippen LogP contribution in [0.15, 0.2) is 36.3 Å². The molecule has 0 unspecified atom stereocenters. The first-order valence-electron chi connectivity index (χ1n) is 9.41. The van der Waals surface area contributed by atoms with Crippen LogP contribution in [0.4, 0.5) is 5.82 Å². The van der Waals surface area contributed by atoms with Gasteiger partial charge in [-0.05, 0) is 50.8 Å². The van der Waals surface area contributed by atoms with Crippen LogP contribution < -0.4 is 5.32 Å². The predicted octanol–water partition coefficient (Wildman–Crippen LogP) is 5.26. The van der Waals surface area contributed by atoms with Crippen molar-refractivity contribution >= 4 is 34.6 Å². The Balaban J connectivity index is 1.71. The summed E-state index contributed by atoms with van der Waals surface area (Å²) in [6.45, 7) is 4.07. The highest BCUT2D eigenvalue weighted by molar-refractivity contribution is 6.42. The number of nitrogens with zero attached hydrogens (tertiary/aromatic N) is 5. The van der Waals surface area contributed by atoms with Crippen LogP contribution in [0.5, 0.6) is 0 Å². The van der Waals surface area contributed by atoms with Gasteiger partial charge in [0.15, 0.2) is 5.82 Å². The van der Waals surface area contributed by atoms with E-state index < -0.39 is 0 Å². The summed E-state index contributed by atoms with van der Waals surface area (Å²) < 4.78 is 4.06. The third-order valence-corrected chi connectivity index (χ3v) is 6.33. The molecule has 8 heteroatoms. The van der Waals surface area contributed by atoms with Crippen LogP contribution in [0.3, 0.4) is 0 Å². The summed E-state index contributed by atoms with van der Waals surface area (Å²) in [5.74, 6) is 1.83. The second kappa shape index (κ2) is 6.64. The first-order chi connectivity index (χ1) is 13.5. The van der Waals surface area contributed by atoms with E-state index in [0.29, 0.717) is 16.1 Å². The highest BCUT2D eigenvalue weighted by atomic mass is 35.5. The molecule has 0 saturated heterocycles. The quantitative estimate of drug-likeness (QED) is 0.634. The summed E-state index contributed by atoms with van der Waals surface area (Å²) >= 11 is 12.5. The largest absolute Gasteiger partial charge is 0.344 e. The van der Waals surface area contributed by atoms with Gasteiger partial charge < -0.3 is 5.32 Å². The molecule has 0 amide bonds. The Labute approximate surface area is 173 Å². The second-order valence-corrected chi connectivity index (χ2v) is 8.28. The van der Waals surface area contributed by atoms with Crippen molar-refractivity contribution in [3.63, 3.8) is 0 Å². The monoisotopic (exact) mass is 414 g/mol. The Morgan fingerprint density at radius 3 is 2.61 bits per heavy atom. The van der Waals surface area contributed by atoms with E-state index in [1.165, 1.54) is 6.42 Å². The molecule has 1 N–H and O–H groups in total. The lowest BCUT2D eigenvalue weighted by Crippen LogP contribution is -2.27. The fourth-order valence-electron chi connectivity index (χ4n) is 4.02. The number of anilines is 1. The maximum atomic E-state index is 6.36. The van der Waals surface area contributed by atoms with Gasteiger partial charge in [-0.2, -0.15) is 10.2 Å². The Hall–Kier alpha value is -2.31. The van der Waals surface area contributed by atoms with Gasteiger partial charge >= 0.3 is 0 Å². The van der Waals surface area contributed by atoms with Gasteiger partial charge in [0.05, 0.1) is 21.8 Å². The molecule has 2 aromatic heterocycles. The van der Waals surface area contributed by atoms with Crippen molar-refractivity contribution in [3.8, 4) is 0 Å².